The predicted octanol–water partition coefficient (Wildman–Crippen LogP) is 2.07. The van der Waals surface area contributed by atoms with Crippen molar-refractivity contribution in [3.63, 3.8) is 0 Å². The molecular formula is C12H15BrN2O3. The summed E-state index contributed by atoms with van der Waals surface area (Å²) < 4.78 is 0.937. The van der Waals surface area contributed by atoms with Gasteiger partial charge < -0.3 is 15.3 Å². The summed E-state index contributed by atoms with van der Waals surface area (Å²) >= 11 is 3.34. The lowest BCUT2D eigenvalue weighted by atomic mass is 10.2. The SMILES string of the molecule is CCN(CC(=O)O)C(=O)NCc1cccc(Br)c1. The number of halogens is 1. The number of likely N-dealkylation sites (N-methyl/N-ethyl adjacent to an activating group) is 1. The fraction of sp³-hybridized carbons (Fsp3) is 0.333. The van der Waals surface area contributed by atoms with Crippen molar-refractivity contribution in [1.82, 2.24) is 10.2 Å². The Morgan fingerprint density at radius 3 is 2.72 bits per heavy atom. The van der Waals surface area contributed by atoms with Crippen LogP contribution in [-0.2, 0) is 11.3 Å². The van der Waals surface area contributed by atoms with Gasteiger partial charge in [0, 0.05) is 17.6 Å². The number of nitrogens with one attached hydrogen (secondary N) is 1. The molecule has 0 aromatic heterocycles. The van der Waals surface area contributed by atoms with E-state index >= 15 is 0 Å². The molecule has 0 bridgehead atoms. The zero-order valence-corrected chi connectivity index (χ0v) is 11.6. The van der Waals surface area contributed by atoms with Crippen molar-refractivity contribution in [2.24, 2.45) is 0 Å². The van der Waals surface area contributed by atoms with E-state index < -0.39 is 5.97 Å². The number of carboxylic acid groups (broad SMARTS) is 1. The molecule has 0 unspecified atom stereocenters. The minimum atomic E-state index is -1.02. The van der Waals surface area contributed by atoms with E-state index in [0.717, 1.165) is 10.0 Å². The quantitative estimate of drug-likeness (QED) is 0.874. The van der Waals surface area contributed by atoms with Crippen LogP contribution < -0.4 is 5.32 Å². The van der Waals surface area contributed by atoms with Crippen molar-refractivity contribution in [2.45, 2.75) is 13.5 Å². The highest BCUT2D eigenvalue weighted by Gasteiger charge is 2.13. The standard InChI is InChI=1S/C12H15BrN2O3/c1-2-15(8-11(16)17)12(18)14-7-9-4-3-5-10(13)6-9/h3-6H,2,7-8H2,1H3,(H,14,18)(H,16,17). The van der Waals surface area contributed by atoms with Crippen molar-refractivity contribution in [2.75, 3.05) is 13.1 Å². The summed E-state index contributed by atoms with van der Waals surface area (Å²) in [5.41, 5.74) is 0.948. The lowest BCUT2D eigenvalue weighted by Crippen LogP contribution is -2.42. The number of carbonyl (C=O) groups excluding carboxylic acids is 1. The molecular weight excluding hydrogens is 300 g/mol. The van der Waals surface area contributed by atoms with Gasteiger partial charge in [-0.2, -0.15) is 0 Å². The first-order chi connectivity index (χ1) is 8.52. The summed E-state index contributed by atoms with van der Waals surface area (Å²) in [7, 11) is 0. The van der Waals surface area contributed by atoms with E-state index in [0.29, 0.717) is 13.1 Å². The molecule has 2 amide bonds. The summed E-state index contributed by atoms with van der Waals surface area (Å²) in [6.45, 7) is 2.17. The van der Waals surface area contributed by atoms with E-state index in [9.17, 15) is 9.59 Å². The fourth-order valence-electron chi connectivity index (χ4n) is 1.43. The summed E-state index contributed by atoms with van der Waals surface area (Å²) in [5, 5.41) is 11.3. The molecule has 98 valence electrons. The molecule has 0 fully saturated rings. The Bertz CT molecular complexity index is 437. The van der Waals surface area contributed by atoms with Crippen molar-refractivity contribution in [1.29, 1.82) is 0 Å². The molecule has 0 aliphatic carbocycles. The van der Waals surface area contributed by atoms with Crippen molar-refractivity contribution >= 4 is 27.9 Å². The van der Waals surface area contributed by atoms with E-state index in [2.05, 4.69) is 21.2 Å². The van der Waals surface area contributed by atoms with Gasteiger partial charge in [0.25, 0.3) is 0 Å². The Balaban J connectivity index is 2.51. The molecule has 0 atom stereocenters. The van der Waals surface area contributed by atoms with Gasteiger partial charge in [-0.05, 0) is 24.6 Å². The Hall–Kier alpha value is -1.56. The molecule has 1 aromatic carbocycles. The minimum absolute atomic E-state index is 0.291. The first-order valence-electron chi connectivity index (χ1n) is 5.52. The Kier molecular flexibility index (Phi) is 5.64. The maximum Gasteiger partial charge on any atom is 0.323 e. The van der Waals surface area contributed by atoms with Gasteiger partial charge in [0.05, 0.1) is 0 Å². The Morgan fingerprint density at radius 2 is 2.17 bits per heavy atom. The molecule has 1 rings (SSSR count). The molecule has 5 nitrogen and oxygen atoms in total. The third kappa shape index (κ3) is 4.75. The molecule has 2 N–H and O–H groups in total. The zero-order valence-electron chi connectivity index (χ0n) is 10.0. The van der Waals surface area contributed by atoms with Crippen LogP contribution in [0.25, 0.3) is 0 Å². The van der Waals surface area contributed by atoms with E-state index in [1.165, 1.54) is 4.90 Å². The normalized spacial score (nSPS) is 9.89. The number of carbonyl (C=O) groups is 2. The van der Waals surface area contributed by atoms with Crippen LogP contribution >= 0.6 is 15.9 Å². The largest absolute Gasteiger partial charge is 0.480 e. The number of aliphatic carboxylic acids is 1. The molecule has 0 saturated heterocycles. The Labute approximate surface area is 114 Å². The highest BCUT2D eigenvalue weighted by atomic mass is 79.9. The van der Waals surface area contributed by atoms with Crippen LogP contribution in [0, 0.1) is 0 Å². The maximum absolute atomic E-state index is 11.7. The van der Waals surface area contributed by atoms with Gasteiger partial charge in [-0.1, -0.05) is 28.1 Å². The first-order valence-corrected chi connectivity index (χ1v) is 6.31. The third-order valence-corrected chi connectivity index (χ3v) is 2.82. The average molecular weight is 315 g/mol. The van der Waals surface area contributed by atoms with Crippen LogP contribution in [0.3, 0.4) is 0 Å². The second-order valence-corrected chi connectivity index (χ2v) is 4.61. The molecule has 0 aliphatic rings. The second kappa shape index (κ2) is 7.00. The van der Waals surface area contributed by atoms with E-state index in [1.54, 1.807) is 6.92 Å². The van der Waals surface area contributed by atoms with E-state index in [-0.39, 0.29) is 12.6 Å². The highest BCUT2D eigenvalue weighted by molar-refractivity contribution is 9.10. The average Bonchev–Trinajstić information content (AvgIpc) is 2.33. The molecule has 0 saturated carbocycles. The molecule has 1 aromatic rings. The number of amides is 2. The molecule has 0 spiro atoms. The van der Waals surface area contributed by atoms with Gasteiger partial charge in [-0.3, -0.25) is 4.79 Å². The number of carboxylic acids is 1. The summed E-state index contributed by atoms with van der Waals surface area (Å²) in [6, 6.07) is 7.18. The van der Waals surface area contributed by atoms with Gasteiger partial charge in [0.2, 0.25) is 0 Å². The van der Waals surface area contributed by atoms with Crippen molar-refractivity contribution in [3.05, 3.63) is 34.3 Å². The first kappa shape index (κ1) is 14.5. The summed E-state index contributed by atoms with van der Waals surface area (Å²) in [5.74, 6) is -1.02. The van der Waals surface area contributed by atoms with E-state index in [1.807, 2.05) is 24.3 Å². The number of hydrogen-bond donors (Lipinski definition) is 2. The smallest absolute Gasteiger partial charge is 0.323 e. The topological polar surface area (TPSA) is 69.6 Å². The molecule has 18 heavy (non-hydrogen) atoms. The van der Waals surface area contributed by atoms with Crippen LogP contribution in [0.1, 0.15) is 12.5 Å². The van der Waals surface area contributed by atoms with Crippen LogP contribution in [-0.4, -0.2) is 35.1 Å². The van der Waals surface area contributed by atoms with Gasteiger partial charge in [0.15, 0.2) is 0 Å². The van der Waals surface area contributed by atoms with Gasteiger partial charge in [0.1, 0.15) is 6.54 Å². The van der Waals surface area contributed by atoms with Crippen molar-refractivity contribution < 1.29 is 14.7 Å². The van der Waals surface area contributed by atoms with Crippen LogP contribution in [0.2, 0.25) is 0 Å². The molecule has 0 radical (unpaired) electrons. The number of nitrogens with zero attached hydrogens (tertiary/aromatic N) is 1. The van der Waals surface area contributed by atoms with Crippen LogP contribution in [0.4, 0.5) is 4.79 Å². The number of benzene rings is 1. The summed E-state index contributed by atoms with van der Waals surface area (Å²) in [4.78, 5) is 23.5. The second-order valence-electron chi connectivity index (χ2n) is 3.70. The van der Waals surface area contributed by atoms with E-state index in [4.69, 9.17) is 5.11 Å². The lowest BCUT2D eigenvalue weighted by Gasteiger charge is -2.19. The molecule has 0 heterocycles. The number of hydrogen-bond acceptors (Lipinski definition) is 2. The van der Waals surface area contributed by atoms with Crippen LogP contribution in [0.15, 0.2) is 28.7 Å². The van der Waals surface area contributed by atoms with Gasteiger partial charge >= 0.3 is 12.0 Å². The van der Waals surface area contributed by atoms with Gasteiger partial charge in [-0.25, -0.2) is 4.79 Å². The number of urea groups is 1. The molecule has 6 heteroatoms. The monoisotopic (exact) mass is 314 g/mol. The van der Waals surface area contributed by atoms with Crippen molar-refractivity contribution in [3.8, 4) is 0 Å². The number of rotatable bonds is 5. The van der Waals surface area contributed by atoms with Crippen LogP contribution in [0.5, 0.6) is 0 Å². The minimum Gasteiger partial charge on any atom is -0.480 e. The zero-order chi connectivity index (χ0) is 13.5. The predicted molar refractivity (Wildman–Crippen MR) is 71.3 cm³/mol. The molecule has 0 aliphatic heterocycles. The Morgan fingerprint density at radius 1 is 1.44 bits per heavy atom. The highest BCUT2D eigenvalue weighted by Crippen LogP contribution is 2.11. The third-order valence-electron chi connectivity index (χ3n) is 2.33. The fourth-order valence-corrected chi connectivity index (χ4v) is 1.87. The summed E-state index contributed by atoms with van der Waals surface area (Å²) in [6.07, 6.45) is 0. The lowest BCUT2D eigenvalue weighted by molar-refractivity contribution is -0.137. The van der Waals surface area contributed by atoms with Gasteiger partial charge in [-0.15, -0.1) is 0 Å². The maximum atomic E-state index is 11.7.